The predicted octanol–water partition coefficient (Wildman–Crippen LogP) is 1.99. The largest absolute Gasteiger partial charge is 0.405 e. The molecule has 0 amide bonds. The van der Waals surface area contributed by atoms with E-state index in [1.54, 1.807) is 0 Å². The van der Waals surface area contributed by atoms with E-state index in [0.29, 0.717) is 0 Å². The van der Waals surface area contributed by atoms with E-state index >= 15 is 0 Å². The number of amidine groups is 1. The zero-order chi connectivity index (χ0) is 10.1. The van der Waals surface area contributed by atoms with Gasteiger partial charge in [-0.1, -0.05) is 24.3 Å². The number of hydrogen-bond acceptors (Lipinski definition) is 1. The van der Waals surface area contributed by atoms with Crippen LogP contribution in [0, 0.1) is 10.8 Å². The molecule has 0 heterocycles. The SMILES string of the molecule is N=C(N)C1(C(F)(F)F)C=CC=CC1. The van der Waals surface area contributed by atoms with Gasteiger partial charge in [-0.3, -0.25) is 5.41 Å². The lowest BCUT2D eigenvalue weighted by molar-refractivity contribution is -0.181. The third-order valence-corrected chi connectivity index (χ3v) is 2.05. The normalized spacial score (nSPS) is 27.6. The van der Waals surface area contributed by atoms with Gasteiger partial charge in [-0.05, 0) is 6.42 Å². The molecule has 3 N–H and O–H groups in total. The average molecular weight is 190 g/mol. The van der Waals surface area contributed by atoms with E-state index in [2.05, 4.69) is 0 Å². The number of hydrogen-bond donors (Lipinski definition) is 2. The molecule has 0 spiro atoms. The van der Waals surface area contributed by atoms with Gasteiger partial charge in [0.2, 0.25) is 0 Å². The molecule has 1 atom stereocenters. The molecular weight excluding hydrogens is 181 g/mol. The minimum absolute atomic E-state index is 0.289. The number of alkyl halides is 3. The van der Waals surface area contributed by atoms with Gasteiger partial charge in [0.15, 0.2) is 0 Å². The Kier molecular flexibility index (Phi) is 2.19. The third-order valence-electron chi connectivity index (χ3n) is 2.05. The highest BCUT2D eigenvalue weighted by Gasteiger charge is 2.55. The molecule has 0 aromatic carbocycles. The molecule has 2 nitrogen and oxygen atoms in total. The molecule has 1 rings (SSSR count). The van der Waals surface area contributed by atoms with Crippen LogP contribution in [0.3, 0.4) is 0 Å². The molecule has 0 saturated heterocycles. The first-order valence-corrected chi connectivity index (χ1v) is 3.66. The maximum absolute atomic E-state index is 12.5. The first-order chi connectivity index (χ1) is 5.90. The summed E-state index contributed by atoms with van der Waals surface area (Å²) in [4.78, 5) is 0. The van der Waals surface area contributed by atoms with E-state index in [0.717, 1.165) is 6.08 Å². The first-order valence-electron chi connectivity index (χ1n) is 3.66. The fraction of sp³-hybridized carbons (Fsp3) is 0.375. The van der Waals surface area contributed by atoms with Crippen molar-refractivity contribution in [2.24, 2.45) is 11.1 Å². The second-order valence-electron chi connectivity index (χ2n) is 2.87. The molecule has 1 aliphatic rings. The Morgan fingerprint density at radius 1 is 1.38 bits per heavy atom. The number of halogens is 3. The molecule has 1 unspecified atom stereocenters. The molecule has 5 heteroatoms. The Bertz CT molecular complexity index is 278. The van der Waals surface area contributed by atoms with Gasteiger partial charge in [0.1, 0.15) is 11.3 Å². The van der Waals surface area contributed by atoms with Crippen LogP contribution in [0.2, 0.25) is 0 Å². The van der Waals surface area contributed by atoms with E-state index in [-0.39, 0.29) is 6.42 Å². The molecule has 13 heavy (non-hydrogen) atoms. The van der Waals surface area contributed by atoms with E-state index in [4.69, 9.17) is 11.1 Å². The Labute approximate surface area is 73.4 Å². The number of allylic oxidation sites excluding steroid dienone is 3. The Morgan fingerprint density at radius 3 is 2.23 bits per heavy atom. The van der Waals surface area contributed by atoms with E-state index in [1.807, 2.05) is 0 Å². The fourth-order valence-corrected chi connectivity index (χ4v) is 1.18. The van der Waals surface area contributed by atoms with Gasteiger partial charge >= 0.3 is 6.18 Å². The lowest BCUT2D eigenvalue weighted by atomic mass is 9.80. The van der Waals surface area contributed by atoms with Gasteiger partial charge in [-0.25, -0.2) is 0 Å². The predicted molar refractivity (Wildman–Crippen MR) is 43.3 cm³/mol. The van der Waals surface area contributed by atoms with Crippen LogP contribution in [0.1, 0.15) is 6.42 Å². The Morgan fingerprint density at radius 2 is 2.00 bits per heavy atom. The summed E-state index contributed by atoms with van der Waals surface area (Å²) in [7, 11) is 0. The molecule has 0 aromatic rings. The van der Waals surface area contributed by atoms with Crippen LogP contribution in [0.5, 0.6) is 0 Å². The molecule has 0 aliphatic heterocycles. The van der Waals surface area contributed by atoms with Gasteiger partial charge in [0, 0.05) is 0 Å². The van der Waals surface area contributed by atoms with Gasteiger partial charge in [-0.15, -0.1) is 0 Å². The summed E-state index contributed by atoms with van der Waals surface area (Å²) in [5, 5.41) is 6.97. The van der Waals surface area contributed by atoms with Crippen molar-refractivity contribution < 1.29 is 13.2 Å². The van der Waals surface area contributed by atoms with Gasteiger partial charge in [-0.2, -0.15) is 13.2 Å². The molecule has 0 aromatic heterocycles. The summed E-state index contributed by atoms with van der Waals surface area (Å²) in [6.07, 6.45) is 0.262. The lowest BCUT2D eigenvalue weighted by Crippen LogP contribution is -2.47. The average Bonchev–Trinajstić information content (AvgIpc) is 2.03. The second kappa shape index (κ2) is 2.90. The molecule has 0 bridgehead atoms. The zero-order valence-electron chi connectivity index (χ0n) is 6.73. The minimum atomic E-state index is -4.50. The summed E-state index contributed by atoms with van der Waals surface area (Å²) in [5.41, 5.74) is 2.68. The fourth-order valence-electron chi connectivity index (χ4n) is 1.18. The van der Waals surface area contributed by atoms with E-state index < -0.39 is 17.4 Å². The summed E-state index contributed by atoms with van der Waals surface area (Å²) in [5.74, 6) is -0.861. The highest BCUT2D eigenvalue weighted by Crippen LogP contribution is 2.43. The van der Waals surface area contributed by atoms with Crippen LogP contribution in [-0.2, 0) is 0 Å². The van der Waals surface area contributed by atoms with Crippen molar-refractivity contribution >= 4 is 5.84 Å². The number of nitrogens with one attached hydrogen (secondary N) is 1. The quantitative estimate of drug-likeness (QED) is 0.482. The van der Waals surface area contributed by atoms with Crippen LogP contribution < -0.4 is 5.73 Å². The molecule has 1 aliphatic carbocycles. The van der Waals surface area contributed by atoms with Gasteiger partial charge < -0.3 is 5.73 Å². The van der Waals surface area contributed by atoms with Crippen molar-refractivity contribution in [1.29, 1.82) is 5.41 Å². The number of rotatable bonds is 1. The van der Waals surface area contributed by atoms with Crippen LogP contribution in [0.25, 0.3) is 0 Å². The summed E-state index contributed by atoms with van der Waals surface area (Å²) in [6, 6.07) is 0. The lowest BCUT2D eigenvalue weighted by Gasteiger charge is -2.31. The monoisotopic (exact) mass is 190 g/mol. The van der Waals surface area contributed by atoms with Crippen LogP contribution in [-0.4, -0.2) is 12.0 Å². The standard InChI is InChI=1S/C8H9F3N2/c9-8(10,11)7(6(12)13)4-2-1-3-5-7/h1-4H,5H2,(H3,12,13). The van der Waals surface area contributed by atoms with Crippen molar-refractivity contribution in [3.63, 3.8) is 0 Å². The van der Waals surface area contributed by atoms with Gasteiger partial charge in [0.05, 0.1) is 0 Å². The second-order valence-corrected chi connectivity index (χ2v) is 2.87. The first kappa shape index (κ1) is 9.83. The van der Waals surface area contributed by atoms with Gasteiger partial charge in [0.25, 0.3) is 0 Å². The topological polar surface area (TPSA) is 49.9 Å². The van der Waals surface area contributed by atoms with Crippen molar-refractivity contribution in [1.82, 2.24) is 0 Å². The summed E-state index contributed by atoms with van der Waals surface area (Å²) in [6.45, 7) is 0. The molecule has 72 valence electrons. The highest BCUT2D eigenvalue weighted by molar-refractivity contribution is 5.87. The molecule has 0 saturated carbocycles. The van der Waals surface area contributed by atoms with Crippen molar-refractivity contribution in [2.45, 2.75) is 12.6 Å². The van der Waals surface area contributed by atoms with E-state index in [9.17, 15) is 13.2 Å². The highest BCUT2D eigenvalue weighted by atomic mass is 19.4. The maximum Gasteiger partial charge on any atom is 0.405 e. The number of nitrogens with two attached hydrogens (primary N) is 1. The summed E-state index contributed by atoms with van der Waals surface area (Å²) < 4.78 is 37.6. The van der Waals surface area contributed by atoms with Crippen molar-refractivity contribution in [2.75, 3.05) is 0 Å². The van der Waals surface area contributed by atoms with Crippen molar-refractivity contribution in [3.8, 4) is 0 Å². The zero-order valence-corrected chi connectivity index (χ0v) is 6.73. The Balaban J connectivity index is 3.10. The van der Waals surface area contributed by atoms with Crippen molar-refractivity contribution in [3.05, 3.63) is 24.3 Å². The molecule has 0 radical (unpaired) electrons. The smallest absolute Gasteiger partial charge is 0.387 e. The minimum Gasteiger partial charge on any atom is -0.387 e. The van der Waals surface area contributed by atoms with E-state index in [1.165, 1.54) is 18.2 Å². The molecular formula is C8H9F3N2. The maximum atomic E-state index is 12.5. The van der Waals surface area contributed by atoms with Crippen LogP contribution in [0.15, 0.2) is 24.3 Å². The Hall–Kier alpha value is -1.26. The third kappa shape index (κ3) is 1.46. The summed E-state index contributed by atoms with van der Waals surface area (Å²) >= 11 is 0. The van der Waals surface area contributed by atoms with Crippen LogP contribution >= 0.6 is 0 Å². The van der Waals surface area contributed by atoms with Crippen LogP contribution in [0.4, 0.5) is 13.2 Å². The molecule has 0 fully saturated rings.